The van der Waals surface area contributed by atoms with E-state index in [1.807, 2.05) is 26.0 Å². The molecule has 1 aromatic carbocycles. The number of carbonyl (C=O) groups excluding carboxylic acids is 1. The lowest BCUT2D eigenvalue weighted by molar-refractivity contribution is 0.00884. The minimum absolute atomic E-state index is 0.287. The molecule has 0 spiro atoms. The number of rotatable bonds is 7. The first-order valence-electron chi connectivity index (χ1n) is 7.79. The van der Waals surface area contributed by atoms with E-state index < -0.39 is 0 Å². The van der Waals surface area contributed by atoms with Crippen LogP contribution in [0.15, 0.2) is 18.2 Å². The van der Waals surface area contributed by atoms with Gasteiger partial charge in [0.15, 0.2) is 0 Å². The lowest BCUT2D eigenvalue weighted by Crippen LogP contribution is -2.38. The molecule has 1 aliphatic rings. The number of hydrogen-bond donors (Lipinski definition) is 0. The van der Waals surface area contributed by atoms with E-state index in [1.54, 1.807) is 6.07 Å². The van der Waals surface area contributed by atoms with Gasteiger partial charge in [0, 0.05) is 19.6 Å². The molecule has 0 saturated carbocycles. The van der Waals surface area contributed by atoms with Crippen LogP contribution in [0.1, 0.15) is 21.5 Å². The highest BCUT2D eigenvalue weighted by molar-refractivity contribution is 5.89. The molecule has 0 N–H and O–H groups in total. The number of carbonyl (C=O) groups is 1. The summed E-state index contributed by atoms with van der Waals surface area (Å²) < 4.78 is 16.0. The predicted octanol–water partition coefficient (Wildman–Crippen LogP) is 1.81. The van der Waals surface area contributed by atoms with E-state index in [-0.39, 0.29) is 12.6 Å². The van der Waals surface area contributed by atoms with Crippen LogP contribution >= 0.6 is 0 Å². The molecule has 122 valence electrons. The summed E-state index contributed by atoms with van der Waals surface area (Å²) >= 11 is 0. The number of aryl methyl sites for hydroxylation is 2. The highest BCUT2D eigenvalue weighted by atomic mass is 16.6. The summed E-state index contributed by atoms with van der Waals surface area (Å²) in [4.78, 5) is 14.2. The van der Waals surface area contributed by atoms with Gasteiger partial charge in [0.1, 0.15) is 6.61 Å². The monoisotopic (exact) mass is 307 g/mol. The molecule has 1 aliphatic heterocycles. The van der Waals surface area contributed by atoms with Crippen molar-refractivity contribution in [3.8, 4) is 0 Å². The lowest BCUT2D eigenvalue weighted by Gasteiger charge is -2.26. The van der Waals surface area contributed by atoms with Crippen LogP contribution in [0.25, 0.3) is 0 Å². The molecule has 1 saturated heterocycles. The zero-order valence-corrected chi connectivity index (χ0v) is 13.5. The van der Waals surface area contributed by atoms with Crippen LogP contribution in [0.4, 0.5) is 0 Å². The molecule has 0 unspecified atom stereocenters. The molecular weight excluding hydrogens is 282 g/mol. The summed E-state index contributed by atoms with van der Waals surface area (Å²) in [6.45, 7) is 9.80. The highest BCUT2D eigenvalue weighted by Crippen LogP contribution is 2.10. The maximum absolute atomic E-state index is 11.9. The fourth-order valence-electron chi connectivity index (χ4n) is 2.27. The third kappa shape index (κ3) is 5.40. The van der Waals surface area contributed by atoms with Gasteiger partial charge in [-0.05, 0) is 37.1 Å². The van der Waals surface area contributed by atoms with Crippen molar-refractivity contribution < 1.29 is 19.0 Å². The van der Waals surface area contributed by atoms with Gasteiger partial charge in [0.05, 0.1) is 32.0 Å². The van der Waals surface area contributed by atoms with E-state index in [0.717, 1.165) is 38.4 Å². The second-order valence-corrected chi connectivity index (χ2v) is 5.50. The molecule has 2 rings (SSSR count). The molecule has 1 heterocycles. The fourth-order valence-corrected chi connectivity index (χ4v) is 2.27. The Morgan fingerprint density at radius 3 is 2.64 bits per heavy atom. The van der Waals surface area contributed by atoms with Gasteiger partial charge in [-0.3, -0.25) is 4.90 Å². The smallest absolute Gasteiger partial charge is 0.338 e. The normalized spacial score (nSPS) is 15.7. The summed E-state index contributed by atoms with van der Waals surface area (Å²) in [5.41, 5.74) is 2.86. The zero-order chi connectivity index (χ0) is 15.8. The van der Waals surface area contributed by atoms with Gasteiger partial charge in [0.25, 0.3) is 0 Å². The van der Waals surface area contributed by atoms with Crippen molar-refractivity contribution in [1.29, 1.82) is 0 Å². The number of hydrogen-bond acceptors (Lipinski definition) is 5. The van der Waals surface area contributed by atoms with Gasteiger partial charge in [-0.2, -0.15) is 0 Å². The van der Waals surface area contributed by atoms with Crippen LogP contribution < -0.4 is 0 Å². The maximum Gasteiger partial charge on any atom is 0.338 e. The molecule has 0 amide bonds. The Morgan fingerprint density at radius 2 is 1.91 bits per heavy atom. The second-order valence-electron chi connectivity index (χ2n) is 5.50. The number of nitrogens with zero attached hydrogens (tertiary/aromatic N) is 1. The first-order valence-corrected chi connectivity index (χ1v) is 7.79. The quantitative estimate of drug-likeness (QED) is 0.568. The number of morpholine rings is 1. The summed E-state index contributed by atoms with van der Waals surface area (Å²) in [5, 5.41) is 0. The summed E-state index contributed by atoms with van der Waals surface area (Å²) in [6.07, 6.45) is 0. The molecule has 0 aromatic heterocycles. The Kier molecular flexibility index (Phi) is 6.83. The summed E-state index contributed by atoms with van der Waals surface area (Å²) in [7, 11) is 0. The van der Waals surface area contributed by atoms with Gasteiger partial charge in [-0.25, -0.2) is 4.79 Å². The second kappa shape index (κ2) is 8.88. The first kappa shape index (κ1) is 16.9. The van der Waals surface area contributed by atoms with Gasteiger partial charge >= 0.3 is 5.97 Å². The standard InChI is InChI=1S/C17H25NO4/c1-14-3-4-16(13-15(14)2)17(19)22-12-11-21-10-7-18-5-8-20-9-6-18/h3-4,13H,5-12H2,1-2H3. The molecule has 5 heteroatoms. The van der Waals surface area contributed by atoms with E-state index in [1.165, 1.54) is 5.56 Å². The maximum atomic E-state index is 11.9. The van der Waals surface area contributed by atoms with Crippen LogP contribution in [0, 0.1) is 13.8 Å². The molecule has 0 radical (unpaired) electrons. The Hall–Kier alpha value is -1.43. The van der Waals surface area contributed by atoms with Gasteiger partial charge in [-0.15, -0.1) is 0 Å². The average molecular weight is 307 g/mol. The van der Waals surface area contributed by atoms with E-state index in [4.69, 9.17) is 14.2 Å². The molecule has 0 atom stereocenters. The highest BCUT2D eigenvalue weighted by Gasteiger charge is 2.10. The Bertz CT molecular complexity index is 484. The minimum atomic E-state index is -0.292. The minimum Gasteiger partial charge on any atom is -0.460 e. The molecule has 1 fully saturated rings. The van der Waals surface area contributed by atoms with E-state index in [2.05, 4.69) is 4.90 Å². The van der Waals surface area contributed by atoms with Crippen LogP contribution in [0.5, 0.6) is 0 Å². The molecule has 22 heavy (non-hydrogen) atoms. The molecule has 5 nitrogen and oxygen atoms in total. The molecule has 0 aliphatic carbocycles. The van der Waals surface area contributed by atoms with Crippen molar-refractivity contribution in [2.75, 3.05) is 52.7 Å². The van der Waals surface area contributed by atoms with E-state index in [0.29, 0.717) is 18.8 Å². The van der Waals surface area contributed by atoms with E-state index in [9.17, 15) is 4.79 Å². The first-order chi connectivity index (χ1) is 10.7. The van der Waals surface area contributed by atoms with Crippen molar-refractivity contribution in [1.82, 2.24) is 4.90 Å². The number of ether oxygens (including phenoxy) is 3. The van der Waals surface area contributed by atoms with Crippen molar-refractivity contribution >= 4 is 5.97 Å². The third-order valence-electron chi connectivity index (χ3n) is 3.86. The van der Waals surface area contributed by atoms with Crippen molar-refractivity contribution in [2.45, 2.75) is 13.8 Å². The van der Waals surface area contributed by atoms with Crippen molar-refractivity contribution in [2.24, 2.45) is 0 Å². The summed E-state index contributed by atoms with van der Waals surface area (Å²) in [5.74, 6) is -0.292. The Balaban J connectivity index is 1.57. The summed E-state index contributed by atoms with van der Waals surface area (Å²) in [6, 6.07) is 5.59. The van der Waals surface area contributed by atoms with E-state index >= 15 is 0 Å². The average Bonchev–Trinajstić information content (AvgIpc) is 2.54. The fraction of sp³-hybridized carbons (Fsp3) is 0.588. The zero-order valence-electron chi connectivity index (χ0n) is 13.5. The third-order valence-corrected chi connectivity index (χ3v) is 3.86. The van der Waals surface area contributed by atoms with Crippen molar-refractivity contribution in [3.05, 3.63) is 34.9 Å². The Morgan fingerprint density at radius 1 is 1.14 bits per heavy atom. The molecule has 1 aromatic rings. The van der Waals surface area contributed by atoms with Gasteiger partial charge < -0.3 is 14.2 Å². The van der Waals surface area contributed by atoms with Crippen LogP contribution in [0.2, 0.25) is 0 Å². The lowest BCUT2D eigenvalue weighted by atomic mass is 10.1. The molecular formula is C17H25NO4. The largest absolute Gasteiger partial charge is 0.460 e. The number of esters is 1. The SMILES string of the molecule is Cc1ccc(C(=O)OCCOCCN2CCOCC2)cc1C. The topological polar surface area (TPSA) is 48.0 Å². The van der Waals surface area contributed by atoms with Gasteiger partial charge in [0.2, 0.25) is 0 Å². The van der Waals surface area contributed by atoms with Crippen LogP contribution in [-0.4, -0.2) is 63.5 Å². The van der Waals surface area contributed by atoms with Crippen LogP contribution in [-0.2, 0) is 14.2 Å². The van der Waals surface area contributed by atoms with Gasteiger partial charge in [-0.1, -0.05) is 6.07 Å². The molecule has 0 bridgehead atoms. The van der Waals surface area contributed by atoms with Crippen molar-refractivity contribution in [3.63, 3.8) is 0 Å². The Labute approximate surface area is 132 Å². The van der Waals surface area contributed by atoms with Crippen LogP contribution in [0.3, 0.4) is 0 Å². The predicted molar refractivity (Wildman–Crippen MR) is 84.3 cm³/mol. The number of benzene rings is 1.